The summed E-state index contributed by atoms with van der Waals surface area (Å²) in [4.78, 5) is 14.5. The number of carboxylic acid groups (broad SMARTS) is 1. The zero-order chi connectivity index (χ0) is 13.0. The maximum atomic E-state index is 12.8. The molecule has 3 nitrogen and oxygen atoms in total. The van der Waals surface area contributed by atoms with Crippen LogP contribution in [0.1, 0.15) is 5.56 Å². The van der Waals surface area contributed by atoms with Gasteiger partial charge in [0, 0.05) is 17.8 Å². The monoisotopic (exact) mass is 243 g/mol. The second-order valence-electron chi connectivity index (χ2n) is 3.66. The van der Waals surface area contributed by atoms with Gasteiger partial charge in [0.1, 0.15) is 5.82 Å². The molecule has 18 heavy (non-hydrogen) atoms. The minimum atomic E-state index is -1.00. The third-order valence-corrected chi connectivity index (χ3v) is 2.34. The van der Waals surface area contributed by atoms with Crippen LogP contribution in [-0.2, 0) is 4.79 Å². The summed E-state index contributed by atoms with van der Waals surface area (Å²) in [7, 11) is 0. The summed E-state index contributed by atoms with van der Waals surface area (Å²) in [6.45, 7) is 0. The van der Waals surface area contributed by atoms with Gasteiger partial charge in [-0.25, -0.2) is 9.18 Å². The molecule has 0 unspecified atom stereocenters. The first kappa shape index (κ1) is 12.0. The minimum absolute atomic E-state index is 0.292. The predicted molar refractivity (Wildman–Crippen MR) is 66.3 cm³/mol. The van der Waals surface area contributed by atoms with Crippen LogP contribution in [0.3, 0.4) is 0 Å². The number of hydrogen-bond acceptors (Lipinski definition) is 2. The molecule has 0 fully saturated rings. The Labute approximate surface area is 103 Å². The number of halogens is 1. The van der Waals surface area contributed by atoms with Crippen molar-refractivity contribution in [3.05, 3.63) is 60.1 Å². The highest BCUT2D eigenvalue weighted by Gasteiger charge is 1.99. The van der Waals surface area contributed by atoms with Crippen molar-refractivity contribution in [1.29, 1.82) is 0 Å². The Hall–Kier alpha value is -2.49. The molecule has 0 saturated heterocycles. The summed E-state index contributed by atoms with van der Waals surface area (Å²) in [6, 6.07) is 9.54. The molecule has 0 bridgehead atoms. The maximum Gasteiger partial charge on any atom is 0.328 e. The summed E-state index contributed by atoms with van der Waals surface area (Å²) >= 11 is 0. The fourth-order valence-electron chi connectivity index (χ4n) is 1.46. The van der Waals surface area contributed by atoms with Crippen LogP contribution in [0.2, 0.25) is 0 Å². The number of aliphatic carboxylic acids is 1. The van der Waals surface area contributed by atoms with Crippen LogP contribution in [0.5, 0.6) is 0 Å². The first-order valence-corrected chi connectivity index (χ1v) is 5.28. The van der Waals surface area contributed by atoms with Crippen molar-refractivity contribution in [3.8, 4) is 11.3 Å². The zero-order valence-electron chi connectivity index (χ0n) is 9.38. The highest BCUT2D eigenvalue weighted by atomic mass is 19.1. The Morgan fingerprint density at radius 1 is 1.17 bits per heavy atom. The largest absolute Gasteiger partial charge is 0.478 e. The van der Waals surface area contributed by atoms with Gasteiger partial charge in [-0.2, -0.15) is 0 Å². The van der Waals surface area contributed by atoms with E-state index < -0.39 is 5.97 Å². The van der Waals surface area contributed by atoms with Crippen molar-refractivity contribution < 1.29 is 14.3 Å². The SMILES string of the molecule is O=C(O)C=Cc1ccc(-c2ccc(F)cc2)nc1. The molecule has 1 aromatic heterocycles. The molecule has 0 aliphatic carbocycles. The number of rotatable bonds is 3. The highest BCUT2D eigenvalue weighted by Crippen LogP contribution is 2.17. The molecule has 2 aromatic rings. The Morgan fingerprint density at radius 2 is 1.89 bits per heavy atom. The Morgan fingerprint density at radius 3 is 2.44 bits per heavy atom. The van der Waals surface area contributed by atoms with Gasteiger partial charge in [-0.1, -0.05) is 6.07 Å². The number of carboxylic acids is 1. The lowest BCUT2D eigenvalue weighted by Gasteiger charge is -2.01. The third-order valence-electron chi connectivity index (χ3n) is 2.34. The van der Waals surface area contributed by atoms with Crippen LogP contribution in [0, 0.1) is 5.82 Å². The lowest BCUT2D eigenvalue weighted by molar-refractivity contribution is -0.131. The van der Waals surface area contributed by atoms with Crippen LogP contribution in [-0.4, -0.2) is 16.1 Å². The Bertz CT molecular complexity index is 574. The van der Waals surface area contributed by atoms with E-state index in [1.54, 1.807) is 30.5 Å². The van der Waals surface area contributed by atoms with E-state index in [1.807, 2.05) is 0 Å². The number of hydrogen-bond donors (Lipinski definition) is 1. The smallest absolute Gasteiger partial charge is 0.328 e. The summed E-state index contributed by atoms with van der Waals surface area (Å²) in [6.07, 6.45) is 4.08. The number of benzene rings is 1. The first-order valence-electron chi connectivity index (χ1n) is 5.28. The molecule has 1 heterocycles. The molecule has 0 aliphatic heterocycles. The van der Waals surface area contributed by atoms with E-state index in [4.69, 9.17) is 5.11 Å². The second-order valence-corrected chi connectivity index (χ2v) is 3.66. The van der Waals surface area contributed by atoms with Gasteiger partial charge in [0.2, 0.25) is 0 Å². The third kappa shape index (κ3) is 3.01. The van der Waals surface area contributed by atoms with E-state index in [0.717, 1.165) is 11.6 Å². The summed E-state index contributed by atoms with van der Waals surface area (Å²) in [5, 5.41) is 8.49. The molecule has 0 amide bonds. The van der Waals surface area contributed by atoms with Crippen LogP contribution < -0.4 is 0 Å². The quantitative estimate of drug-likeness (QED) is 0.843. The summed E-state index contributed by atoms with van der Waals surface area (Å²) in [5.74, 6) is -1.29. The zero-order valence-corrected chi connectivity index (χ0v) is 9.38. The molecule has 90 valence electrons. The van der Waals surface area contributed by atoms with Gasteiger partial charge in [-0.3, -0.25) is 4.98 Å². The van der Waals surface area contributed by atoms with Gasteiger partial charge >= 0.3 is 5.97 Å². The van der Waals surface area contributed by atoms with Gasteiger partial charge in [-0.15, -0.1) is 0 Å². The fourth-order valence-corrected chi connectivity index (χ4v) is 1.46. The molecular formula is C14H10FNO2. The predicted octanol–water partition coefficient (Wildman–Crippen LogP) is 2.99. The van der Waals surface area contributed by atoms with Gasteiger partial charge in [-0.05, 0) is 42.0 Å². The van der Waals surface area contributed by atoms with E-state index in [1.165, 1.54) is 18.2 Å². The van der Waals surface area contributed by atoms with Crippen LogP contribution in [0.15, 0.2) is 48.7 Å². The highest BCUT2D eigenvalue weighted by molar-refractivity contribution is 5.85. The van der Waals surface area contributed by atoms with Gasteiger partial charge in [0.15, 0.2) is 0 Å². The lowest BCUT2D eigenvalue weighted by atomic mass is 10.1. The van der Waals surface area contributed by atoms with Crippen LogP contribution in [0.4, 0.5) is 4.39 Å². The minimum Gasteiger partial charge on any atom is -0.478 e. The second kappa shape index (κ2) is 5.23. The van der Waals surface area contributed by atoms with Gasteiger partial charge in [0.25, 0.3) is 0 Å². The number of aromatic nitrogens is 1. The Balaban J connectivity index is 2.22. The first-order chi connectivity index (χ1) is 8.65. The van der Waals surface area contributed by atoms with Crippen molar-refractivity contribution in [2.75, 3.05) is 0 Å². The maximum absolute atomic E-state index is 12.8. The van der Waals surface area contributed by atoms with Gasteiger partial charge < -0.3 is 5.11 Å². The molecular weight excluding hydrogens is 233 g/mol. The average Bonchev–Trinajstić information content (AvgIpc) is 2.38. The topological polar surface area (TPSA) is 50.2 Å². The summed E-state index contributed by atoms with van der Waals surface area (Å²) < 4.78 is 12.8. The molecule has 0 atom stereocenters. The van der Waals surface area contributed by atoms with E-state index in [9.17, 15) is 9.18 Å². The Kier molecular flexibility index (Phi) is 3.48. The number of pyridine rings is 1. The van der Waals surface area contributed by atoms with Crippen molar-refractivity contribution in [3.63, 3.8) is 0 Å². The van der Waals surface area contributed by atoms with Crippen molar-refractivity contribution in [1.82, 2.24) is 4.98 Å². The van der Waals surface area contributed by atoms with Gasteiger partial charge in [0.05, 0.1) is 5.69 Å². The molecule has 0 saturated carbocycles. The van der Waals surface area contributed by atoms with E-state index in [2.05, 4.69) is 4.98 Å². The van der Waals surface area contributed by atoms with Crippen molar-refractivity contribution in [2.24, 2.45) is 0 Å². The van der Waals surface area contributed by atoms with E-state index in [0.29, 0.717) is 11.3 Å². The van der Waals surface area contributed by atoms with Crippen LogP contribution >= 0.6 is 0 Å². The fraction of sp³-hybridized carbons (Fsp3) is 0. The normalized spacial score (nSPS) is 10.7. The molecule has 2 rings (SSSR count). The lowest BCUT2D eigenvalue weighted by Crippen LogP contribution is -1.87. The number of carbonyl (C=O) groups is 1. The van der Waals surface area contributed by atoms with E-state index >= 15 is 0 Å². The number of nitrogens with zero attached hydrogens (tertiary/aromatic N) is 1. The standard InChI is InChI=1S/C14H10FNO2/c15-12-5-3-11(4-6-12)13-7-1-10(9-16-13)2-8-14(17)18/h1-9H,(H,17,18). The molecule has 0 spiro atoms. The molecule has 0 aliphatic rings. The molecule has 1 N–H and O–H groups in total. The van der Waals surface area contributed by atoms with Crippen molar-refractivity contribution in [2.45, 2.75) is 0 Å². The van der Waals surface area contributed by atoms with E-state index in [-0.39, 0.29) is 5.82 Å². The molecule has 1 aromatic carbocycles. The molecule has 4 heteroatoms. The average molecular weight is 243 g/mol. The summed E-state index contributed by atoms with van der Waals surface area (Å²) in [5.41, 5.74) is 2.22. The van der Waals surface area contributed by atoms with Crippen molar-refractivity contribution >= 4 is 12.0 Å². The van der Waals surface area contributed by atoms with Crippen LogP contribution in [0.25, 0.3) is 17.3 Å². The molecule has 0 radical (unpaired) electrons.